The fourth-order valence-corrected chi connectivity index (χ4v) is 3.16. The van der Waals surface area contributed by atoms with Gasteiger partial charge in [0.15, 0.2) is 0 Å². The fourth-order valence-electron chi connectivity index (χ4n) is 2.99. The van der Waals surface area contributed by atoms with E-state index >= 15 is 0 Å². The number of aryl methyl sites for hydroxylation is 1. The first-order valence-electron chi connectivity index (χ1n) is 7.54. The second kappa shape index (κ2) is 6.40. The Morgan fingerprint density at radius 1 is 1.24 bits per heavy atom. The van der Waals surface area contributed by atoms with Crippen LogP contribution in [-0.2, 0) is 6.42 Å². The zero-order valence-electron chi connectivity index (χ0n) is 12.2. The normalized spacial score (nSPS) is 17.1. The van der Waals surface area contributed by atoms with Crippen molar-refractivity contribution in [2.45, 2.75) is 32.2 Å². The largest absolute Gasteiger partial charge is 0.492 e. The molecule has 0 aromatic heterocycles. The van der Waals surface area contributed by atoms with E-state index in [0.717, 1.165) is 22.9 Å². The van der Waals surface area contributed by atoms with E-state index in [2.05, 4.69) is 29.6 Å². The first-order valence-corrected chi connectivity index (χ1v) is 7.92. The third-order valence-electron chi connectivity index (χ3n) is 3.94. The van der Waals surface area contributed by atoms with E-state index in [-0.39, 0.29) is 0 Å². The Labute approximate surface area is 131 Å². The summed E-state index contributed by atoms with van der Waals surface area (Å²) in [6, 6.07) is 14.8. The Morgan fingerprint density at radius 3 is 2.95 bits per heavy atom. The van der Waals surface area contributed by atoms with Crippen molar-refractivity contribution in [2.75, 3.05) is 11.9 Å². The van der Waals surface area contributed by atoms with Gasteiger partial charge in [-0.3, -0.25) is 0 Å². The first kappa shape index (κ1) is 14.3. The molecule has 1 N–H and O–H groups in total. The van der Waals surface area contributed by atoms with Gasteiger partial charge in [-0.1, -0.05) is 35.9 Å². The van der Waals surface area contributed by atoms with Crippen molar-refractivity contribution in [3.8, 4) is 5.75 Å². The Morgan fingerprint density at radius 2 is 2.10 bits per heavy atom. The smallest absolute Gasteiger partial charge is 0.142 e. The van der Waals surface area contributed by atoms with E-state index in [1.807, 2.05) is 25.1 Å². The van der Waals surface area contributed by atoms with Crippen LogP contribution in [-0.4, -0.2) is 6.61 Å². The lowest BCUT2D eigenvalue weighted by Crippen LogP contribution is -2.17. The SMILES string of the molecule is CCOc1ccc(Cl)cc1NC1CCCc2ccccc21. The maximum absolute atomic E-state index is 6.14. The molecule has 0 saturated heterocycles. The Balaban J connectivity index is 1.89. The lowest BCUT2D eigenvalue weighted by molar-refractivity contribution is 0.341. The van der Waals surface area contributed by atoms with Crippen LogP contribution in [0.1, 0.15) is 36.9 Å². The second-order valence-corrected chi connectivity index (χ2v) is 5.80. The van der Waals surface area contributed by atoms with Crippen LogP contribution in [0.15, 0.2) is 42.5 Å². The standard InChI is InChI=1S/C18H20ClNO/c1-2-21-18-11-10-14(19)12-17(18)20-16-9-5-7-13-6-3-4-8-15(13)16/h3-4,6,8,10-12,16,20H,2,5,7,9H2,1H3. The summed E-state index contributed by atoms with van der Waals surface area (Å²) in [5.74, 6) is 0.866. The van der Waals surface area contributed by atoms with Crippen molar-refractivity contribution >= 4 is 17.3 Å². The van der Waals surface area contributed by atoms with Gasteiger partial charge in [0.05, 0.1) is 18.3 Å². The first-order chi connectivity index (χ1) is 10.3. The lowest BCUT2D eigenvalue weighted by Gasteiger charge is -2.28. The molecule has 1 aliphatic rings. The lowest BCUT2D eigenvalue weighted by atomic mass is 9.87. The molecular weight excluding hydrogens is 282 g/mol. The molecule has 0 fully saturated rings. The van der Waals surface area contributed by atoms with Crippen LogP contribution in [0, 0.1) is 0 Å². The zero-order valence-corrected chi connectivity index (χ0v) is 13.0. The second-order valence-electron chi connectivity index (χ2n) is 5.36. The van der Waals surface area contributed by atoms with E-state index in [9.17, 15) is 0 Å². The summed E-state index contributed by atoms with van der Waals surface area (Å²) in [7, 11) is 0. The van der Waals surface area contributed by atoms with Gasteiger partial charge in [-0.15, -0.1) is 0 Å². The molecule has 2 aromatic rings. The molecule has 0 amide bonds. The fraction of sp³-hybridized carbons (Fsp3) is 0.333. The van der Waals surface area contributed by atoms with Crippen molar-refractivity contribution in [3.63, 3.8) is 0 Å². The maximum Gasteiger partial charge on any atom is 0.142 e. The molecule has 0 spiro atoms. The van der Waals surface area contributed by atoms with Crippen LogP contribution < -0.4 is 10.1 Å². The molecule has 0 saturated carbocycles. The highest BCUT2D eigenvalue weighted by Gasteiger charge is 2.20. The highest BCUT2D eigenvalue weighted by molar-refractivity contribution is 6.30. The summed E-state index contributed by atoms with van der Waals surface area (Å²) in [5, 5.41) is 4.35. The minimum Gasteiger partial charge on any atom is -0.492 e. The Kier molecular flexibility index (Phi) is 4.35. The van der Waals surface area contributed by atoms with Crippen LogP contribution in [0.5, 0.6) is 5.75 Å². The van der Waals surface area contributed by atoms with Crippen molar-refractivity contribution in [3.05, 3.63) is 58.6 Å². The van der Waals surface area contributed by atoms with E-state index in [1.54, 1.807) is 0 Å². The zero-order chi connectivity index (χ0) is 14.7. The minimum atomic E-state index is 0.327. The summed E-state index contributed by atoms with van der Waals surface area (Å²) >= 11 is 6.14. The molecule has 0 aliphatic heterocycles. The van der Waals surface area contributed by atoms with Crippen molar-refractivity contribution in [1.29, 1.82) is 0 Å². The average Bonchev–Trinajstić information content (AvgIpc) is 2.50. The average molecular weight is 302 g/mol. The third kappa shape index (κ3) is 3.16. The van der Waals surface area contributed by atoms with Crippen LogP contribution in [0.3, 0.4) is 0 Å². The van der Waals surface area contributed by atoms with Gasteiger partial charge in [-0.05, 0) is 55.5 Å². The predicted molar refractivity (Wildman–Crippen MR) is 88.4 cm³/mol. The molecule has 21 heavy (non-hydrogen) atoms. The van der Waals surface area contributed by atoms with Crippen molar-refractivity contribution < 1.29 is 4.74 Å². The van der Waals surface area contributed by atoms with Gasteiger partial charge in [0.25, 0.3) is 0 Å². The molecule has 1 aliphatic carbocycles. The van der Waals surface area contributed by atoms with Crippen molar-refractivity contribution in [2.24, 2.45) is 0 Å². The summed E-state index contributed by atoms with van der Waals surface area (Å²) < 4.78 is 5.70. The van der Waals surface area contributed by atoms with Crippen LogP contribution in [0.2, 0.25) is 5.02 Å². The topological polar surface area (TPSA) is 21.3 Å². The summed E-state index contributed by atoms with van der Waals surface area (Å²) in [4.78, 5) is 0. The molecule has 1 atom stereocenters. The molecule has 3 heteroatoms. The molecule has 110 valence electrons. The minimum absolute atomic E-state index is 0.327. The van der Waals surface area contributed by atoms with E-state index in [4.69, 9.17) is 16.3 Å². The summed E-state index contributed by atoms with van der Waals surface area (Å²) in [6.07, 6.45) is 3.51. The molecular formula is C18H20ClNO. The van der Waals surface area contributed by atoms with E-state index in [1.165, 1.54) is 24.0 Å². The van der Waals surface area contributed by atoms with Crippen LogP contribution in [0.25, 0.3) is 0 Å². The maximum atomic E-state index is 6.14. The number of rotatable bonds is 4. The predicted octanol–water partition coefficient (Wildman–Crippen LogP) is 5.23. The number of hydrogen-bond acceptors (Lipinski definition) is 2. The van der Waals surface area contributed by atoms with E-state index < -0.39 is 0 Å². The van der Waals surface area contributed by atoms with Gasteiger partial charge in [-0.25, -0.2) is 0 Å². The van der Waals surface area contributed by atoms with Crippen molar-refractivity contribution in [1.82, 2.24) is 0 Å². The molecule has 0 bridgehead atoms. The van der Waals surface area contributed by atoms with Gasteiger partial charge in [0, 0.05) is 5.02 Å². The monoisotopic (exact) mass is 301 g/mol. The number of fused-ring (bicyclic) bond motifs is 1. The number of anilines is 1. The third-order valence-corrected chi connectivity index (χ3v) is 4.18. The number of ether oxygens (including phenoxy) is 1. The molecule has 1 unspecified atom stereocenters. The Bertz CT molecular complexity index is 626. The highest BCUT2D eigenvalue weighted by atomic mass is 35.5. The van der Waals surface area contributed by atoms with Gasteiger partial charge < -0.3 is 10.1 Å². The molecule has 2 nitrogen and oxygen atoms in total. The molecule has 0 radical (unpaired) electrons. The molecule has 3 rings (SSSR count). The quantitative estimate of drug-likeness (QED) is 0.835. The Hall–Kier alpha value is -1.67. The van der Waals surface area contributed by atoms with Gasteiger partial charge in [0.2, 0.25) is 0 Å². The highest BCUT2D eigenvalue weighted by Crippen LogP contribution is 2.36. The molecule has 2 aromatic carbocycles. The van der Waals surface area contributed by atoms with Gasteiger partial charge >= 0.3 is 0 Å². The molecule has 0 heterocycles. The number of nitrogens with one attached hydrogen (secondary N) is 1. The number of benzene rings is 2. The van der Waals surface area contributed by atoms with Crippen LogP contribution in [0.4, 0.5) is 5.69 Å². The number of halogens is 1. The summed E-state index contributed by atoms with van der Waals surface area (Å²) in [6.45, 7) is 2.64. The number of hydrogen-bond donors (Lipinski definition) is 1. The van der Waals surface area contributed by atoms with Crippen LogP contribution >= 0.6 is 11.6 Å². The summed E-state index contributed by atoms with van der Waals surface area (Å²) in [5.41, 5.74) is 3.82. The van der Waals surface area contributed by atoms with E-state index in [0.29, 0.717) is 12.6 Å². The van der Waals surface area contributed by atoms with Gasteiger partial charge in [-0.2, -0.15) is 0 Å². The van der Waals surface area contributed by atoms with Gasteiger partial charge in [0.1, 0.15) is 5.75 Å².